The van der Waals surface area contributed by atoms with Crippen LogP contribution in [0.3, 0.4) is 0 Å². The van der Waals surface area contributed by atoms with Gasteiger partial charge in [-0.05, 0) is 18.1 Å². The van der Waals surface area contributed by atoms with Gasteiger partial charge in [0.2, 0.25) is 0 Å². The molecule has 0 aliphatic carbocycles. The highest BCUT2D eigenvalue weighted by Gasteiger charge is 2.13. The Balaban J connectivity index is 1.71. The van der Waals surface area contributed by atoms with Gasteiger partial charge in [0.1, 0.15) is 0 Å². The summed E-state index contributed by atoms with van der Waals surface area (Å²) in [4.78, 5) is 12.2. The summed E-state index contributed by atoms with van der Waals surface area (Å²) in [5, 5.41) is 10.0. The molecule has 0 radical (unpaired) electrons. The number of hydrogen-bond acceptors (Lipinski definition) is 2. The number of hydrogen-bond donors (Lipinski definition) is 2. The minimum atomic E-state index is -0.247. The molecule has 2 aromatic carbocycles. The molecule has 5 heteroatoms. The van der Waals surface area contributed by atoms with Crippen LogP contribution < -0.4 is 10.6 Å². The molecule has 0 aliphatic rings. The number of rotatable bonds is 4. The number of urea groups is 1. The average Bonchev–Trinajstić information content (AvgIpc) is 2.95. The largest absolute Gasteiger partial charge is 0.334 e. The monoisotopic (exact) mass is 320 g/mol. The van der Waals surface area contributed by atoms with Gasteiger partial charge in [0, 0.05) is 19.2 Å². The fourth-order valence-electron chi connectivity index (χ4n) is 2.62. The quantitative estimate of drug-likeness (QED) is 0.770. The van der Waals surface area contributed by atoms with Crippen molar-refractivity contribution in [2.45, 2.75) is 13.5 Å². The molecule has 24 heavy (non-hydrogen) atoms. The van der Waals surface area contributed by atoms with Crippen molar-refractivity contribution < 1.29 is 4.79 Å². The second-order valence-electron chi connectivity index (χ2n) is 5.63. The van der Waals surface area contributed by atoms with Crippen molar-refractivity contribution in [1.29, 1.82) is 0 Å². The third-order valence-corrected chi connectivity index (χ3v) is 3.93. The van der Waals surface area contributed by atoms with E-state index in [9.17, 15) is 4.79 Å². The zero-order valence-electron chi connectivity index (χ0n) is 13.8. The second-order valence-corrected chi connectivity index (χ2v) is 5.63. The summed E-state index contributed by atoms with van der Waals surface area (Å²) in [5.74, 6) is 0. The lowest BCUT2D eigenvalue weighted by atomic mass is 10.1. The second kappa shape index (κ2) is 7.00. The Morgan fingerprint density at radius 1 is 1.08 bits per heavy atom. The Hall–Kier alpha value is -3.08. The van der Waals surface area contributed by atoms with Crippen molar-refractivity contribution in [2.24, 2.45) is 7.05 Å². The van der Waals surface area contributed by atoms with Gasteiger partial charge in [-0.2, -0.15) is 5.10 Å². The fourth-order valence-corrected chi connectivity index (χ4v) is 2.62. The molecule has 1 aromatic heterocycles. The number of anilines is 1. The van der Waals surface area contributed by atoms with Crippen molar-refractivity contribution in [3.05, 3.63) is 71.9 Å². The molecule has 0 saturated carbocycles. The van der Waals surface area contributed by atoms with Gasteiger partial charge in [-0.3, -0.25) is 4.68 Å². The maximum absolute atomic E-state index is 12.2. The molecule has 2 N–H and O–H groups in total. The molecule has 3 aromatic rings. The van der Waals surface area contributed by atoms with Crippen molar-refractivity contribution in [3.8, 4) is 11.3 Å². The van der Waals surface area contributed by atoms with Crippen LogP contribution in [0.4, 0.5) is 10.5 Å². The van der Waals surface area contributed by atoms with Crippen LogP contribution in [0.25, 0.3) is 11.3 Å². The van der Waals surface area contributed by atoms with E-state index in [4.69, 9.17) is 0 Å². The van der Waals surface area contributed by atoms with E-state index in [0.29, 0.717) is 12.2 Å². The van der Waals surface area contributed by atoms with E-state index in [1.165, 1.54) is 0 Å². The van der Waals surface area contributed by atoms with Crippen LogP contribution in [0.1, 0.15) is 11.1 Å². The van der Waals surface area contributed by atoms with E-state index < -0.39 is 0 Å². The third-order valence-electron chi connectivity index (χ3n) is 3.93. The highest BCUT2D eigenvalue weighted by molar-refractivity contribution is 5.93. The minimum absolute atomic E-state index is 0.247. The molecule has 0 bridgehead atoms. The van der Waals surface area contributed by atoms with Gasteiger partial charge >= 0.3 is 6.03 Å². The number of benzene rings is 2. The lowest BCUT2D eigenvalue weighted by Crippen LogP contribution is -2.28. The van der Waals surface area contributed by atoms with Crippen LogP contribution in [0, 0.1) is 6.92 Å². The van der Waals surface area contributed by atoms with Gasteiger partial charge in [0.25, 0.3) is 0 Å². The number of nitrogens with zero attached hydrogens (tertiary/aromatic N) is 2. The minimum Gasteiger partial charge on any atom is -0.334 e. The predicted octanol–water partition coefficient (Wildman–Crippen LogP) is 3.72. The van der Waals surface area contributed by atoms with E-state index in [-0.39, 0.29) is 6.03 Å². The standard InChI is InChI=1S/C19H20N4O/c1-14-8-6-7-11-16(14)12-20-19(24)22-17-13-21-23(2)18(17)15-9-4-3-5-10-15/h3-11,13H,12H2,1-2H3,(H2,20,22,24). The van der Waals surface area contributed by atoms with Crippen LogP contribution >= 0.6 is 0 Å². The van der Waals surface area contributed by atoms with Crippen LogP contribution in [-0.4, -0.2) is 15.8 Å². The Labute approximate surface area is 141 Å². The Kier molecular flexibility index (Phi) is 4.61. The summed E-state index contributed by atoms with van der Waals surface area (Å²) in [7, 11) is 1.86. The Morgan fingerprint density at radius 3 is 2.54 bits per heavy atom. The van der Waals surface area contributed by atoms with Crippen LogP contribution in [0.2, 0.25) is 0 Å². The fraction of sp³-hybridized carbons (Fsp3) is 0.158. The van der Waals surface area contributed by atoms with Gasteiger partial charge in [-0.15, -0.1) is 0 Å². The van der Waals surface area contributed by atoms with E-state index in [0.717, 1.165) is 22.4 Å². The first-order chi connectivity index (χ1) is 11.6. The predicted molar refractivity (Wildman–Crippen MR) is 95.7 cm³/mol. The molecule has 0 saturated heterocycles. The Bertz CT molecular complexity index is 840. The summed E-state index contributed by atoms with van der Waals surface area (Å²) in [6.07, 6.45) is 1.66. The molecule has 0 atom stereocenters. The van der Waals surface area contributed by atoms with Crippen LogP contribution in [0.15, 0.2) is 60.8 Å². The smallest absolute Gasteiger partial charge is 0.319 e. The molecule has 0 aliphatic heterocycles. The van der Waals surface area contributed by atoms with Gasteiger partial charge < -0.3 is 10.6 Å². The number of aryl methyl sites for hydroxylation is 2. The number of nitrogens with one attached hydrogen (secondary N) is 2. The maximum Gasteiger partial charge on any atom is 0.319 e. The molecule has 122 valence electrons. The van der Waals surface area contributed by atoms with E-state index in [1.807, 2.05) is 68.6 Å². The summed E-state index contributed by atoms with van der Waals surface area (Å²) in [6, 6.07) is 17.6. The lowest BCUT2D eigenvalue weighted by molar-refractivity contribution is 0.251. The third kappa shape index (κ3) is 3.46. The van der Waals surface area contributed by atoms with E-state index in [2.05, 4.69) is 15.7 Å². The summed E-state index contributed by atoms with van der Waals surface area (Å²) in [5.41, 5.74) is 4.82. The average molecular weight is 320 g/mol. The summed E-state index contributed by atoms with van der Waals surface area (Å²) in [6.45, 7) is 2.52. The molecule has 1 heterocycles. The zero-order valence-corrected chi connectivity index (χ0v) is 13.8. The number of carbonyl (C=O) groups is 1. The zero-order chi connectivity index (χ0) is 16.9. The first-order valence-corrected chi connectivity index (χ1v) is 7.82. The number of carbonyl (C=O) groups excluding carboxylic acids is 1. The molecule has 5 nitrogen and oxygen atoms in total. The molecular weight excluding hydrogens is 300 g/mol. The van der Waals surface area contributed by atoms with E-state index in [1.54, 1.807) is 10.9 Å². The summed E-state index contributed by atoms with van der Waals surface area (Å²) >= 11 is 0. The first-order valence-electron chi connectivity index (χ1n) is 7.82. The SMILES string of the molecule is Cc1ccccc1CNC(=O)Nc1cnn(C)c1-c1ccccc1. The van der Waals surface area contributed by atoms with E-state index >= 15 is 0 Å². The van der Waals surface area contributed by atoms with Gasteiger partial charge in [0.05, 0.1) is 17.6 Å². The van der Waals surface area contributed by atoms with Gasteiger partial charge in [0.15, 0.2) is 0 Å². The molecule has 2 amide bonds. The molecule has 0 fully saturated rings. The van der Waals surface area contributed by atoms with Crippen molar-refractivity contribution in [2.75, 3.05) is 5.32 Å². The summed E-state index contributed by atoms with van der Waals surface area (Å²) < 4.78 is 1.76. The van der Waals surface area contributed by atoms with Crippen LogP contribution in [-0.2, 0) is 13.6 Å². The van der Waals surface area contributed by atoms with Crippen molar-refractivity contribution in [3.63, 3.8) is 0 Å². The highest BCUT2D eigenvalue weighted by atomic mass is 16.2. The molecule has 0 unspecified atom stereocenters. The molecular formula is C19H20N4O. The highest BCUT2D eigenvalue weighted by Crippen LogP contribution is 2.26. The Morgan fingerprint density at radius 2 is 1.79 bits per heavy atom. The topological polar surface area (TPSA) is 59.0 Å². The van der Waals surface area contributed by atoms with Gasteiger partial charge in [-0.1, -0.05) is 54.6 Å². The van der Waals surface area contributed by atoms with Crippen molar-refractivity contribution in [1.82, 2.24) is 15.1 Å². The molecule has 3 rings (SSSR count). The lowest BCUT2D eigenvalue weighted by Gasteiger charge is -2.10. The van der Waals surface area contributed by atoms with Crippen LogP contribution in [0.5, 0.6) is 0 Å². The number of aromatic nitrogens is 2. The normalized spacial score (nSPS) is 10.4. The van der Waals surface area contributed by atoms with Crippen molar-refractivity contribution >= 4 is 11.7 Å². The number of amides is 2. The first kappa shape index (κ1) is 15.8. The van der Waals surface area contributed by atoms with Gasteiger partial charge in [-0.25, -0.2) is 4.79 Å². The maximum atomic E-state index is 12.2. The molecule has 0 spiro atoms.